The Morgan fingerprint density at radius 3 is 1.79 bits per heavy atom. The number of hydrogen-bond donors (Lipinski definition) is 0. The molecule has 0 saturated carbocycles. The lowest BCUT2D eigenvalue weighted by molar-refractivity contribution is 0.411. The third kappa shape index (κ3) is 3.34. The lowest BCUT2D eigenvalue weighted by Crippen LogP contribution is -2.10. The van der Waals surface area contributed by atoms with E-state index < -0.39 is 0 Å². The van der Waals surface area contributed by atoms with E-state index in [1.807, 2.05) is 0 Å². The maximum absolute atomic E-state index is 6.07. The van der Waals surface area contributed by atoms with Crippen molar-refractivity contribution < 1.29 is 0 Å². The first-order valence-corrected chi connectivity index (χ1v) is 5.56. The lowest BCUT2D eigenvalue weighted by Gasteiger charge is -2.20. The maximum Gasteiger partial charge on any atom is 0.0467 e. The van der Waals surface area contributed by atoms with Gasteiger partial charge in [-0.05, 0) is 29.5 Å². The van der Waals surface area contributed by atoms with E-state index in [0.717, 1.165) is 12.0 Å². The van der Waals surface area contributed by atoms with Crippen LogP contribution in [0.25, 0.3) is 0 Å². The predicted octanol–water partition coefficient (Wildman–Crippen LogP) is 5.24. The van der Waals surface area contributed by atoms with Crippen LogP contribution in [0.3, 0.4) is 0 Å². The predicted molar refractivity (Wildman–Crippen MR) is 64.6 cm³/mol. The fraction of sp³-hybridized carbons (Fsp3) is 0.455. The van der Waals surface area contributed by atoms with Gasteiger partial charge in [-0.25, -0.2) is 0 Å². The van der Waals surface area contributed by atoms with Crippen molar-refractivity contribution in [1.29, 1.82) is 0 Å². The van der Waals surface area contributed by atoms with E-state index in [1.54, 1.807) is 12.1 Å². The summed E-state index contributed by atoms with van der Waals surface area (Å²) in [5.41, 5.74) is 1.14. The summed E-state index contributed by atoms with van der Waals surface area (Å²) in [4.78, 5) is 0. The van der Waals surface area contributed by atoms with E-state index in [-0.39, 0.29) is 5.41 Å². The number of benzene rings is 1. The molecule has 0 nitrogen and oxygen atoms in total. The van der Waals surface area contributed by atoms with Crippen molar-refractivity contribution in [2.75, 3.05) is 0 Å². The molecule has 0 bridgehead atoms. The molecule has 0 spiro atoms. The van der Waals surface area contributed by atoms with Crippen molar-refractivity contribution in [2.45, 2.75) is 27.2 Å². The highest BCUT2D eigenvalue weighted by molar-refractivity contribution is 6.39. The second-order valence-electron chi connectivity index (χ2n) is 4.59. The molecule has 0 radical (unpaired) electrons. The Morgan fingerprint density at radius 1 is 1.00 bits per heavy atom. The van der Waals surface area contributed by atoms with Crippen LogP contribution in [0.2, 0.25) is 15.1 Å². The Hall–Kier alpha value is 0.0900. The highest BCUT2D eigenvalue weighted by Crippen LogP contribution is 2.33. The van der Waals surface area contributed by atoms with E-state index in [4.69, 9.17) is 34.8 Å². The molecule has 0 aliphatic carbocycles. The van der Waals surface area contributed by atoms with Crippen LogP contribution in [0.4, 0.5) is 0 Å². The van der Waals surface area contributed by atoms with Gasteiger partial charge >= 0.3 is 0 Å². The summed E-state index contributed by atoms with van der Waals surface area (Å²) in [5, 5.41) is 1.88. The molecular weight excluding hydrogens is 238 g/mol. The Labute approximate surface area is 100 Å². The van der Waals surface area contributed by atoms with E-state index in [1.165, 1.54) is 0 Å². The standard InChI is InChI=1S/C11H13Cl3/c1-11(2,3)6-8-9(13)4-7(12)5-10(8)14/h4-5H,6H2,1-3H3. The molecule has 1 aromatic carbocycles. The maximum atomic E-state index is 6.07. The molecule has 0 heterocycles. The van der Waals surface area contributed by atoms with Crippen molar-refractivity contribution in [3.8, 4) is 0 Å². The highest BCUT2D eigenvalue weighted by Gasteiger charge is 2.16. The van der Waals surface area contributed by atoms with Crippen LogP contribution >= 0.6 is 34.8 Å². The van der Waals surface area contributed by atoms with Crippen molar-refractivity contribution in [3.05, 3.63) is 32.8 Å². The molecule has 0 N–H and O–H groups in total. The average Bonchev–Trinajstić information content (AvgIpc) is 1.95. The van der Waals surface area contributed by atoms with Crippen molar-refractivity contribution in [2.24, 2.45) is 5.41 Å². The Balaban J connectivity index is 3.09. The van der Waals surface area contributed by atoms with Crippen molar-refractivity contribution >= 4 is 34.8 Å². The summed E-state index contributed by atoms with van der Waals surface area (Å²) in [7, 11) is 0. The van der Waals surface area contributed by atoms with Crippen molar-refractivity contribution in [3.63, 3.8) is 0 Å². The fourth-order valence-electron chi connectivity index (χ4n) is 1.27. The van der Waals surface area contributed by atoms with Gasteiger partial charge in [0, 0.05) is 15.1 Å². The molecule has 0 aromatic heterocycles. The molecule has 3 heteroatoms. The fourth-order valence-corrected chi connectivity index (χ4v) is 2.22. The molecule has 0 fully saturated rings. The Morgan fingerprint density at radius 2 is 1.43 bits per heavy atom. The van der Waals surface area contributed by atoms with Gasteiger partial charge in [0.05, 0.1) is 0 Å². The zero-order chi connectivity index (χ0) is 10.9. The van der Waals surface area contributed by atoms with Gasteiger partial charge in [-0.1, -0.05) is 55.6 Å². The van der Waals surface area contributed by atoms with Gasteiger partial charge in [0.25, 0.3) is 0 Å². The zero-order valence-corrected chi connectivity index (χ0v) is 10.8. The lowest BCUT2D eigenvalue weighted by atomic mass is 9.88. The molecule has 0 aliphatic heterocycles. The van der Waals surface area contributed by atoms with E-state index in [2.05, 4.69) is 20.8 Å². The summed E-state index contributed by atoms with van der Waals surface area (Å²) in [6, 6.07) is 3.46. The van der Waals surface area contributed by atoms with Gasteiger partial charge in [0.15, 0.2) is 0 Å². The minimum atomic E-state index is 0.168. The quantitative estimate of drug-likeness (QED) is 0.641. The average molecular weight is 252 g/mol. The molecule has 0 unspecified atom stereocenters. The molecular formula is C11H13Cl3. The normalized spacial score (nSPS) is 11.9. The van der Waals surface area contributed by atoms with Gasteiger partial charge in [0.1, 0.15) is 0 Å². The number of rotatable bonds is 1. The zero-order valence-electron chi connectivity index (χ0n) is 8.50. The third-order valence-corrected chi connectivity index (χ3v) is 2.71. The third-order valence-electron chi connectivity index (χ3n) is 1.81. The smallest absolute Gasteiger partial charge is 0.0467 e. The van der Waals surface area contributed by atoms with Crippen LogP contribution < -0.4 is 0 Å². The molecule has 78 valence electrons. The Bertz CT molecular complexity index is 314. The largest absolute Gasteiger partial charge is 0.0842 e. The molecule has 0 saturated heterocycles. The second kappa shape index (κ2) is 4.30. The molecule has 1 rings (SSSR count). The van der Waals surface area contributed by atoms with Gasteiger partial charge in [-0.15, -0.1) is 0 Å². The first-order valence-electron chi connectivity index (χ1n) is 4.43. The van der Waals surface area contributed by atoms with E-state index >= 15 is 0 Å². The number of halogens is 3. The van der Waals surface area contributed by atoms with Crippen LogP contribution in [0.15, 0.2) is 12.1 Å². The van der Waals surface area contributed by atoms with Crippen LogP contribution in [0.1, 0.15) is 26.3 Å². The van der Waals surface area contributed by atoms with Gasteiger partial charge < -0.3 is 0 Å². The minimum absolute atomic E-state index is 0.168. The van der Waals surface area contributed by atoms with Crippen LogP contribution in [-0.2, 0) is 6.42 Å². The van der Waals surface area contributed by atoms with Gasteiger partial charge in [0.2, 0.25) is 0 Å². The van der Waals surface area contributed by atoms with Crippen LogP contribution in [-0.4, -0.2) is 0 Å². The second-order valence-corrected chi connectivity index (χ2v) is 5.84. The first-order chi connectivity index (χ1) is 6.29. The summed E-state index contributed by atoms with van der Waals surface area (Å²) < 4.78 is 0. The molecule has 0 atom stereocenters. The monoisotopic (exact) mass is 250 g/mol. The van der Waals surface area contributed by atoms with Gasteiger partial charge in [-0.2, -0.15) is 0 Å². The topological polar surface area (TPSA) is 0 Å². The SMILES string of the molecule is CC(C)(C)Cc1c(Cl)cc(Cl)cc1Cl. The molecule has 1 aromatic rings. The van der Waals surface area contributed by atoms with Crippen LogP contribution in [0.5, 0.6) is 0 Å². The summed E-state index contributed by atoms with van der Waals surface area (Å²) in [6.07, 6.45) is 0.849. The van der Waals surface area contributed by atoms with Crippen LogP contribution in [0, 0.1) is 5.41 Å². The summed E-state index contributed by atoms with van der Waals surface area (Å²) in [6.45, 7) is 6.44. The van der Waals surface area contributed by atoms with E-state index in [9.17, 15) is 0 Å². The molecule has 0 aliphatic rings. The summed E-state index contributed by atoms with van der Waals surface area (Å²) in [5.74, 6) is 0. The van der Waals surface area contributed by atoms with Crippen molar-refractivity contribution in [1.82, 2.24) is 0 Å². The van der Waals surface area contributed by atoms with Gasteiger partial charge in [-0.3, -0.25) is 0 Å². The molecule has 0 amide bonds. The molecule has 14 heavy (non-hydrogen) atoms. The highest BCUT2D eigenvalue weighted by atomic mass is 35.5. The Kier molecular flexibility index (Phi) is 3.74. The van der Waals surface area contributed by atoms with E-state index in [0.29, 0.717) is 15.1 Å². The first kappa shape index (κ1) is 12.2. The minimum Gasteiger partial charge on any atom is -0.0842 e. The summed E-state index contributed by atoms with van der Waals surface area (Å²) >= 11 is 18.0. The number of hydrogen-bond acceptors (Lipinski definition) is 0.